The maximum Gasteiger partial charge on any atom is 0.344 e. The fourth-order valence-electron chi connectivity index (χ4n) is 2.44. The number of phenolic OH excluding ortho intramolecular Hbond substituents is 1. The number of aromatic hydroxyl groups is 1. The van der Waals surface area contributed by atoms with Gasteiger partial charge in [-0.3, -0.25) is 9.59 Å². The van der Waals surface area contributed by atoms with Gasteiger partial charge in [0.05, 0.1) is 29.8 Å². The number of carbonyl (C=O) groups excluding carboxylic acids is 3. The van der Waals surface area contributed by atoms with Crippen molar-refractivity contribution >= 4 is 17.7 Å². The highest BCUT2D eigenvalue weighted by atomic mass is 16.6. The van der Waals surface area contributed by atoms with Crippen molar-refractivity contribution in [2.45, 2.75) is 19.9 Å². The average molecular weight is 396 g/mol. The standard InChI is InChI=1S/C21H20N2O6/c1-3-28-19(25)12-29-16-7-5-15(6-8-16)20(26)13(2)23-21(27)17-9-4-14(11-22)10-18(17)24/h4-10,13,24H,3,12H2,1-2H3,(H,23,27)/t13-/m0/s1. The maximum absolute atomic E-state index is 12.5. The Morgan fingerprint density at radius 2 is 1.86 bits per heavy atom. The van der Waals surface area contributed by atoms with Gasteiger partial charge in [0.1, 0.15) is 11.5 Å². The molecular formula is C21H20N2O6. The molecule has 0 saturated carbocycles. The molecule has 0 aliphatic carbocycles. The van der Waals surface area contributed by atoms with E-state index in [1.54, 1.807) is 6.92 Å². The molecule has 0 aromatic heterocycles. The van der Waals surface area contributed by atoms with Crippen LogP contribution in [-0.4, -0.2) is 42.0 Å². The molecule has 0 saturated heterocycles. The normalized spacial score (nSPS) is 11.1. The van der Waals surface area contributed by atoms with Gasteiger partial charge >= 0.3 is 5.97 Å². The minimum Gasteiger partial charge on any atom is -0.507 e. The number of benzene rings is 2. The van der Waals surface area contributed by atoms with Gasteiger partial charge < -0.3 is 19.9 Å². The van der Waals surface area contributed by atoms with Crippen molar-refractivity contribution < 1.29 is 29.0 Å². The summed E-state index contributed by atoms with van der Waals surface area (Å²) in [5.74, 6) is -1.42. The Morgan fingerprint density at radius 3 is 2.45 bits per heavy atom. The van der Waals surface area contributed by atoms with E-state index in [9.17, 15) is 19.5 Å². The molecule has 2 aromatic carbocycles. The Kier molecular flexibility index (Phi) is 7.32. The number of rotatable bonds is 8. The van der Waals surface area contributed by atoms with Crippen LogP contribution in [0, 0.1) is 11.3 Å². The van der Waals surface area contributed by atoms with Crippen molar-refractivity contribution in [1.29, 1.82) is 5.26 Å². The molecule has 0 spiro atoms. The Hall–Kier alpha value is -3.86. The number of esters is 1. The molecule has 0 bridgehead atoms. The van der Waals surface area contributed by atoms with E-state index in [0.717, 1.165) is 0 Å². The topological polar surface area (TPSA) is 126 Å². The van der Waals surface area contributed by atoms with Crippen LogP contribution in [0.1, 0.15) is 40.1 Å². The van der Waals surface area contributed by atoms with Crippen molar-refractivity contribution in [2.24, 2.45) is 0 Å². The third kappa shape index (κ3) is 5.81. The van der Waals surface area contributed by atoms with Gasteiger partial charge in [-0.25, -0.2) is 4.79 Å². The first kappa shape index (κ1) is 21.4. The first-order chi connectivity index (χ1) is 13.8. The van der Waals surface area contributed by atoms with E-state index in [0.29, 0.717) is 11.3 Å². The smallest absolute Gasteiger partial charge is 0.344 e. The number of Topliss-reactive ketones (excluding diaryl/α,β-unsaturated/α-hetero) is 1. The van der Waals surface area contributed by atoms with Gasteiger partial charge in [-0.15, -0.1) is 0 Å². The Morgan fingerprint density at radius 1 is 1.17 bits per heavy atom. The molecule has 0 fully saturated rings. The van der Waals surface area contributed by atoms with Crippen molar-refractivity contribution in [3.05, 3.63) is 59.2 Å². The lowest BCUT2D eigenvalue weighted by molar-refractivity contribution is -0.145. The summed E-state index contributed by atoms with van der Waals surface area (Å²) in [4.78, 5) is 36.1. The largest absolute Gasteiger partial charge is 0.507 e. The number of amides is 1. The fourth-order valence-corrected chi connectivity index (χ4v) is 2.44. The number of ether oxygens (including phenoxy) is 2. The lowest BCUT2D eigenvalue weighted by atomic mass is 10.0. The summed E-state index contributed by atoms with van der Waals surface area (Å²) in [6.45, 7) is 3.24. The quantitative estimate of drug-likeness (QED) is 0.517. The van der Waals surface area contributed by atoms with Crippen LogP contribution < -0.4 is 10.1 Å². The van der Waals surface area contributed by atoms with Gasteiger partial charge in [-0.2, -0.15) is 5.26 Å². The first-order valence-electron chi connectivity index (χ1n) is 8.82. The molecule has 2 aromatic rings. The molecule has 29 heavy (non-hydrogen) atoms. The molecule has 2 rings (SSSR count). The van der Waals surface area contributed by atoms with E-state index in [1.165, 1.54) is 49.4 Å². The molecule has 8 nitrogen and oxygen atoms in total. The average Bonchev–Trinajstić information content (AvgIpc) is 2.72. The van der Waals surface area contributed by atoms with Crippen LogP contribution in [0.15, 0.2) is 42.5 Å². The maximum atomic E-state index is 12.5. The Bertz CT molecular complexity index is 947. The van der Waals surface area contributed by atoms with Crippen LogP contribution in [0.5, 0.6) is 11.5 Å². The predicted octanol–water partition coefficient (Wildman–Crippen LogP) is 2.21. The van der Waals surface area contributed by atoms with Crippen LogP contribution in [-0.2, 0) is 9.53 Å². The molecule has 8 heteroatoms. The first-order valence-corrected chi connectivity index (χ1v) is 8.82. The Labute approximate surface area is 167 Å². The highest BCUT2D eigenvalue weighted by Crippen LogP contribution is 2.19. The van der Waals surface area contributed by atoms with Gasteiger partial charge in [0.2, 0.25) is 0 Å². The van der Waals surface area contributed by atoms with Gasteiger partial charge in [-0.05, 0) is 56.3 Å². The number of hydrogen-bond acceptors (Lipinski definition) is 7. The van der Waals surface area contributed by atoms with Crippen LogP contribution in [0.4, 0.5) is 0 Å². The minimum absolute atomic E-state index is 0.0358. The zero-order valence-corrected chi connectivity index (χ0v) is 16.0. The van der Waals surface area contributed by atoms with Gasteiger partial charge in [0, 0.05) is 5.56 Å². The minimum atomic E-state index is -0.858. The van der Waals surface area contributed by atoms with E-state index in [-0.39, 0.29) is 35.9 Å². The number of hydrogen-bond donors (Lipinski definition) is 2. The second-order valence-electron chi connectivity index (χ2n) is 6.02. The molecule has 1 atom stereocenters. The van der Waals surface area contributed by atoms with Crippen molar-refractivity contribution in [3.8, 4) is 17.6 Å². The predicted molar refractivity (Wildman–Crippen MR) is 103 cm³/mol. The monoisotopic (exact) mass is 396 g/mol. The number of ketones is 1. The molecule has 2 N–H and O–H groups in total. The fraction of sp³-hybridized carbons (Fsp3) is 0.238. The van der Waals surface area contributed by atoms with E-state index in [1.807, 2.05) is 6.07 Å². The summed E-state index contributed by atoms with van der Waals surface area (Å²) in [6, 6.07) is 11.0. The summed E-state index contributed by atoms with van der Waals surface area (Å²) < 4.78 is 10.0. The van der Waals surface area contributed by atoms with Crippen molar-refractivity contribution in [1.82, 2.24) is 5.32 Å². The van der Waals surface area contributed by atoms with Gasteiger partial charge in [-0.1, -0.05) is 0 Å². The third-order valence-electron chi connectivity index (χ3n) is 3.91. The highest BCUT2D eigenvalue weighted by Gasteiger charge is 2.20. The number of nitriles is 1. The van der Waals surface area contributed by atoms with E-state index in [4.69, 9.17) is 14.7 Å². The second kappa shape index (κ2) is 9.90. The van der Waals surface area contributed by atoms with E-state index < -0.39 is 17.9 Å². The molecule has 0 heterocycles. The van der Waals surface area contributed by atoms with Crippen LogP contribution in [0.2, 0.25) is 0 Å². The van der Waals surface area contributed by atoms with Gasteiger partial charge in [0.25, 0.3) is 5.91 Å². The van der Waals surface area contributed by atoms with Gasteiger partial charge in [0.15, 0.2) is 12.4 Å². The summed E-state index contributed by atoms with van der Waals surface area (Å²) in [7, 11) is 0. The lowest BCUT2D eigenvalue weighted by Crippen LogP contribution is -2.38. The summed E-state index contributed by atoms with van der Waals surface area (Å²) in [6.07, 6.45) is 0. The molecular weight excluding hydrogens is 376 g/mol. The molecule has 0 aliphatic rings. The van der Waals surface area contributed by atoms with Crippen LogP contribution >= 0.6 is 0 Å². The summed E-state index contributed by atoms with van der Waals surface area (Å²) >= 11 is 0. The highest BCUT2D eigenvalue weighted by molar-refractivity contribution is 6.04. The molecule has 150 valence electrons. The van der Waals surface area contributed by atoms with E-state index >= 15 is 0 Å². The zero-order valence-electron chi connectivity index (χ0n) is 16.0. The number of phenols is 1. The van der Waals surface area contributed by atoms with E-state index in [2.05, 4.69) is 5.32 Å². The summed E-state index contributed by atoms with van der Waals surface area (Å²) in [5, 5.41) is 21.2. The molecule has 0 aliphatic heterocycles. The van der Waals surface area contributed by atoms with Crippen molar-refractivity contribution in [3.63, 3.8) is 0 Å². The number of carbonyl (C=O) groups is 3. The van der Waals surface area contributed by atoms with Crippen molar-refractivity contribution in [2.75, 3.05) is 13.2 Å². The Balaban J connectivity index is 1.98. The molecule has 0 radical (unpaired) electrons. The number of nitrogens with zero attached hydrogens (tertiary/aromatic N) is 1. The second-order valence-corrected chi connectivity index (χ2v) is 6.02. The number of nitrogens with one attached hydrogen (secondary N) is 1. The lowest BCUT2D eigenvalue weighted by Gasteiger charge is -2.14. The van der Waals surface area contributed by atoms with Crippen LogP contribution in [0.25, 0.3) is 0 Å². The zero-order chi connectivity index (χ0) is 21.4. The van der Waals surface area contributed by atoms with Crippen LogP contribution in [0.3, 0.4) is 0 Å². The SMILES string of the molecule is CCOC(=O)COc1ccc(C(=O)[C@H](C)NC(=O)c2ccc(C#N)cc2O)cc1. The molecule has 1 amide bonds. The molecule has 0 unspecified atom stereocenters. The summed E-state index contributed by atoms with van der Waals surface area (Å²) in [5.41, 5.74) is 0.519. The third-order valence-corrected chi connectivity index (χ3v) is 3.91.